The molecule has 4 heterocycles. The van der Waals surface area contributed by atoms with Crippen molar-refractivity contribution in [3.63, 3.8) is 0 Å². The van der Waals surface area contributed by atoms with Crippen LogP contribution in [0.15, 0.2) is 30.6 Å². The zero-order valence-electron chi connectivity index (χ0n) is 26.9. The molecule has 5 rings (SSSR count). The second-order valence-electron chi connectivity index (χ2n) is 12.2. The van der Waals surface area contributed by atoms with Gasteiger partial charge < -0.3 is 14.8 Å². The van der Waals surface area contributed by atoms with Gasteiger partial charge in [0.25, 0.3) is 0 Å². The number of carbonyl (C=O) groups is 2. The Kier molecular flexibility index (Phi) is 12.2. The van der Waals surface area contributed by atoms with E-state index in [9.17, 15) is 27.9 Å². The normalized spacial score (nSPS) is 19.1. The van der Waals surface area contributed by atoms with Crippen molar-refractivity contribution in [3.8, 4) is 11.3 Å². The number of alkyl halides is 3. The number of Topliss-reactive ketones (excluding diaryl/α,β-unsaturated/α-hetero) is 1. The monoisotopic (exact) mass is 677 g/mol. The molecule has 2 saturated heterocycles. The van der Waals surface area contributed by atoms with Crippen molar-refractivity contribution < 1.29 is 57.4 Å². The van der Waals surface area contributed by atoms with Crippen LogP contribution in [0, 0.1) is 12.5 Å². The number of carbonyl (C=O) groups excluding carboxylic acids is 2. The zero-order valence-corrected chi connectivity index (χ0v) is 29.7. The molecular formula is C32H35F3N7NaO3S. The Balaban J connectivity index is 0.00000500. The third kappa shape index (κ3) is 8.95. The number of anilines is 1. The molecule has 15 heteroatoms. The fourth-order valence-corrected chi connectivity index (χ4v) is 7.43. The van der Waals surface area contributed by atoms with Crippen LogP contribution in [0.2, 0.25) is 0 Å². The fraction of sp³-hybridized carbons (Fsp3) is 0.500. The van der Waals surface area contributed by atoms with E-state index in [0.717, 1.165) is 36.4 Å². The van der Waals surface area contributed by atoms with Crippen molar-refractivity contribution in [2.45, 2.75) is 64.8 Å². The molecule has 2 atom stereocenters. The molecule has 47 heavy (non-hydrogen) atoms. The van der Waals surface area contributed by atoms with Gasteiger partial charge in [0.2, 0.25) is 0 Å². The molecule has 2 aromatic heterocycles. The van der Waals surface area contributed by atoms with Crippen molar-refractivity contribution >= 4 is 34.6 Å². The molecule has 0 spiro atoms. The number of carboxylic acids is 1. The van der Waals surface area contributed by atoms with Crippen LogP contribution in [-0.4, -0.2) is 81.3 Å². The Morgan fingerprint density at radius 3 is 2.53 bits per heavy atom. The third-order valence-electron chi connectivity index (χ3n) is 8.51. The van der Waals surface area contributed by atoms with E-state index in [1.54, 1.807) is 4.90 Å². The van der Waals surface area contributed by atoms with E-state index in [4.69, 9.17) is 6.57 Å². The molecule has 0 aliphatic carbocycles. The Bertz CT molecular complexity index is 1630. The van der Waals surface area contributed by atoms with E-state index in [-0.39, 0.29) is 71.3 Å². The van der Waals surface area contributed by atoms with Gasteiger partial charge in [-0.05, 0) is 56.0 Å². The minimum absolute atomic E-state index is 0. The summed E-state index contributed by atoms with van der Waals surface area (Å²) in [5, 5.41) is 11.4. The number of aromatic nitrogens is 3. The minimum atomic E-state index is -4.63. The predicted octanol–water partition coefficient (Wildman–Crippen LogP) is 1.48. The summed E-state index contributed by atoms with van der Waals surface area (Å²) in [6.07, 6.45) is 0.243. The topological polar surface area (TPSA) is 110 Å². The van der Waals surface area contributed by atoms with Gasteiger partial charge >= 0.3 is 35.7 Å². The van der Waals surface area contributed by atoms with Crippen molar-refractivity contribution in [2.75, 3.05) is 37.6 Å². The molecule has 2 fully saturated rings. The van der Waals surface area contributed by atoms with Gasteiger partial charge in [-0.1, -0.05) is 13.8 Å². The Morgan fingerprint density at radius 1 is 1.15 bits per heavy atom. The quantitative estimate of drug-likeness (QED) is 0.179. The Hall–Kier alpha value is -2.93. The van der Waals surface area contributed by atoms with E-state index >= 15 is 0 Å². The molecule has 0 radical (unpaired) electrons. The number of rotatable bonds is 10. The van der Waals surface area contributed by atoms with Crippen molar-refractivity contribution in [1.29, 1.82) is 0 Å². The number of aliphatic carboxylic acids is 1. The van der Waals surface area contributed by atoms with Gasteiger partial charge in [0.05, 0.1) is 37.0 Å². The number of likely N-dealkylation sites (tertiary alicyclic amines) is 1. The van der Waals surface area contributed by atoms with Crippen molar-refractivity contribution in [3.05, 3.63) is 63.2 Å². The van der Waals surface area contributed by atoms with Gasteiger partial charge in [0.15, 0.2) is 11.5 Å². The summed E-state index contributed by atoms with van der Waals surface area (Å²) >= 11 is 1.30. The van der Waals surface area contributed by atoms with Crippen LogP contribution in [0.1, 0.15) is 59.5 Å². The molecule has 0 saturated carbocycles. The van der Waals surface area contributed by atoms with E-state index in [1.165, 1.54) is 29.8 Å². The van der Waals surface area contributed by atoms with Gasteiger partial charge in [0.1, 0.15) is 16.5 Å². The molecular weight excluding hydrogens is 642 g/mol. The first-order chi connectivity index (χ1) is 21.8. The maximum atomic E-state index is 13.7. The third-order valence-corrected chi connectivity index (χ3v) is 9.55. The van der Waals surface area contributed by atoms with Gasteiger partial charge in [-0.25, -0.2) is 19.8 Å². The summed E-state index contributed by atoms with van der Waals surface area (Å²) in [6, 6.07) is 3.57. The standard InChI is InChI=1S/C32H36F3N7O3S.Na/c1-19(2)25-6-5-7-41(25)17-27-31(21-10-22(32(33,34)35)12-23(11-21)36-4)39-29(46-27)13-26(43)24-14-38-28(15-37-24)42-9-8-40(16-20(42)3)18-30(44)45;/h10-12,14-15,19-20,25H,5-9,13,16-18H2,1-3H3,(H,44,45);/q;+1/p-1/t20-,25?;/m1./s1. The first-order valence-corrected chi connectivity index (χ1v) is 16.0. The van der Waals surface area contributed by atoms with E-state index in [1.807, 2.05) is 11.8 Å². The summed E-state index contributed by atoms with van der Waals surface area (Å²) in [5.41, 5.74) is -0.360. The summed E-state index contributed by atoms with van der Waals surface area (Å²) in [6.45, 7) is 16.4. The van der Waals surface area contributed by atoms with E-state index in [2.05, 4.69) is 38.5 Å². The molecule has 2 aliphatic heterocycles. The fourth-order valence-electron chi connectivity index (χ4n) is 6.31. The second kappa shape index (κ2) is 15.5. The van der Waals surface area contributed by atoms with Crippen LogP contribution in [0.4, 0.5) is 24.7 Å². The largest absolute Gasteiger partial charge is 1.00 e. The first-order valence-electron chi connectivity index (χ1n) is 15.2. The molecule has 1 unspecified atom stereocenters. The molecule has 10 nitrogen and oxygen atoms in total. The number of nitrogens with zero attached hydrogens (tertiary/aromatic N) is 7. The summed E-state index contributed by atoms with van der Waals surface area (Å²) in [5.74, 6) is -0.481. The average molecular weight is 678 g/mol. The molecule has 244 valence electrons. The molecule has 1 aromatic carbocycles. The molecule has 0 N–H and O–H groups in total. The van der Waals surface area contributed by atoms with Crippen LogP contribution in [0.5, 0.6) is 0 Å². The number of halogens is 3. The molecule has 0 amide bonds. The van der Waals surface area contributed by atoms with Gasteiger partial charge in [-0.15, -0.1) is 11.3 Å². The van der Waals surface area contributed by atoms with E-state index < -0.39 is 17.7 Å². The smallest absolute Gasteiger partial charge is 0.549 e. The van der Waals surface area contributed by atoms with E-state index in [0.29, 0.717) is 54.7 Å². The van der Waals surface area contributed by atoms with Crippen molar-refractivity contribution in [1.82, 2.24) is 24.8 Å². The maximum Gasteiger partial charge on any atom is 1.00 e. The second-order valence-corrected chi connectivity index (χ2v) is 13.4. The average Bonchev–Trinajstić information content (AvgIpc) is 3.63. The number of benzene rings is 1. The van der Waals surface area contributed by atoms with Gasteiger partial charge in [0, 0.05) is 55.2 Å². The number of ketones is 1. The number of hydrogen-bond acceptors (Lipinski definition) is 10. The van der Waals surface area contributed by atoms with Gasteiger partial charge in [-0.2, -0.15) is 13.2 Å². The Morgan fingerprint density at radius 2 is 1.91 bits per heavy atom. The van der Waals surface area contributed by atoms with Crippen molar-refractivity contribution in [2.24, 2.45) is 5.92 Å². The Labute approximate surface area is 298 Å². The number of carboxylic acid groups (broad SMARTS) is 1. The number of thiazole rings is 1. The molecule has 3 aromatic rings. The molecule has 2 aliphatic rings. The van der Waals surface area contributed by atoms with Crippen LogP contribution >= 0.6 is 11.3 Å². The first kappa shape index (κ1) is 36.9. The zero-order chi connectivity index (χ0) is 33.2. The van der Waals surface area contributed by atoms with Crippen LogP contribution < -0.4 is 39.6 Å². The minimum Gasteiger partial charge on any atom is -0.549 e. The molecule has 0 bridgehead atoms. The van der Waals surface area contributed by atoms with Crippen LogP contribution in [0.25, 0.3) is 16.1 Å². The summed E-state index contributed by atoms with van der Waals surface area (Å²) in [4.78, 5) is 47.9. The van der Waals surface area contributed by atoms with Crippen LogP contribution in [0.3, 0.4) is 0 Å². The SMILES string of the molecule is [C-]#[N+]c1cc(-c2nc(CC(=O)c3cnc(N4CCN(CC(=O)[O-])C[C@H]4C)cn3)sc2CN2CCCC2C(C)C)cc(C(F)(F)F)c1.[Na+]. The summed E-state index contributed by atoms with van der Waals surface area (Å²) in [7, 11) is 0. The van der Waals surface area contributed by atoms with Gasteiger partial charge in [-0.3, -0.25) is 14.6 Å². The van der Waals surface area contributed by atoms with Crippen LogP contribution in [-0.2, 0) is 23.9 Å². The predicted molar refractivity (Wildman–Crippen MR) is 165 cm³/mol. The maximum absolute atomic E-state index is 13.7. The number of piperazine rings is 1. The summed E-state index contributed by atoms with van der Waals surface area (Å²) < 4.78 is 41.2. The number of hydrogen-bond donors (Lipinski definition) is 0.